The standard InChI is InChI=1S/C20H23NO5/c22-10-12-25-19-9-11-24-14-18(19)21-20(23)15-5-4-8-17(13-15)26-16-6-2-1-3-7-16/h1-8,13,18-19,22H,9-12,14H2,(H,21,23)/t18-,19+/m0/s1. The van der Waals surface area contributed by atoms with Crippen molar-refractivity contribution in [2.24, 2.45) is 0 Å². The Hall–Kier alpha value is -2.41. The number of amides is 1. The molecule has 0 aliphatic carbocycles. The van der Waals surface area contributed by atoms with Gasteiger partial charge < -0.3 is 24.6 Å². The van der Waals surface area contributed by atoms with Crippen LogP contribution in [0, 0.1) is 0 Å². The van der Waals surface area contributed by atoms with Crippen molar-refractivity contribution in [3.05, 3.63) is 60.2 Å². The van der Waals surface area contributed by atoms with Gasteiger partial charge in [0.25, 0.3) is 5.91 Å². The molecule has 138 valence electrons. The Morgan fingerprint density at radius 1 is 1.15 bits per heavy atom. The van der Waals surface area contributed by atoms with Crippen molar-refractivity contribution in [2.75, 3.05) is 26.4 Å². The lowest BCUT2D eigenvalue weighted by Crippen LogP contribution is -2.50. The minimum atomic E-state index is -0.249. The molecule has 3 rings (SSSR count). The van der Waals surface area contributed by atoms with Gasteiger partial charge in [0.2, 0.25) is 0 Å². The highest BCUT2D eigenvalue weighted by Gasteiger charge is 2.28. The fraction of sp³-hybridized carbons (Fsp3) is 0.350. The normalized spacial score (nSPS) is 19.7. The van der Waals surface area contributed by atoms with Gasteiger partial charge >= 0.3 is 0 Å². The second-order valence-electron chi connectivity index (χ2n) is 6.02. The molecule has 0 bridgehead atoms. The summed E-state index contributed by atoms with van der Waals surface area (Å²) in [6, 6.07) is 16.2. The summed E-state index contributed by atoms with van der Waals surface area (Å²) in [4.78, 5) is 12.6. The molecule has 0 saturated carbocycles. The monoisotopic (exact) mass is 357 g/mol. The molecule has 0 unspecified atom stereocenters. The zero-order chi connectivity index (χ0) is 18.2. The van der Waals surface area contributed by atoms with Crippen molar-refractivity contribution in [1.82, 2.24) is 5.32 Å². The summed E-state index contributed by atoms with van der Waals surface area (Å²) in [6.07, 6.45) is 0.519. The summed E-state index contributed by atoms with van der Waals surface area (Å²) in [5, 5.41) is 11.9. The second kappa shape index (κ2) is 9.33. The highest BCUT2D eigenvalue weighted by Crippen LogP contribution is 2.22. The number of carbonyl (C=O) groups excluding carboxylic acids is 1. The van der Waals surface area contributed by atoms with E-state index in [0.29, 0.717) is 36.7 Å². The van der Waals surface area contributed by atoms with E-state index in [1.54, 1.807) is 24.3 Å². The molecule has 2 atom stereocenters. The fourth-order valence-electron chi connectivity index (χ4n) is 2.83. The van der Waals surface area contributed by atoms with E-state index in [1.165, 1.54) is 0 Å². The number of aliphatic hydroxyl groups is 1. The highest BCUT2D eigenvalue weighted by atomic mass is 16.5. The molecule has 0 aromatic heterocycles. The smallest absolute Gasteiger partial charge is 0.251 e. The summed E-state index contributed by atoms with van der Waals surface area (Å²) in [7, 11) is 0. The van der Waals surface area contributed by atoms with Crippen LogP contribution in [0.3, 0.4) is 0 Å². The molecule has 2 aromatic carbocycles. The first-order valence-electron chi connectivity index (χ1n) is 8.70. The molecule has 1 fully saturated rings. The van der Waals surface area contributed by atoms with Crippen molar-refractivity contribution in [2.45, 2.75) is 18.6 Å². The maximum atomic E-state index is 12.6. The molecule has 1 aliphatic rings. The third kappa shape index (κ3) is 5.05. The summed E-state index contributed by atoms with van der Waals surface area (Å²) in [5.74, 6) is 1.09. The first kappa shape index (κ1) is 18.4. The van der Waals surface area contributed by atoms with Gasteiger partial charge in [0.05, 0.1) is 32.0 Å². The number of hydrogen-bond acceptors (Lipinski definition) is 5. The number of benzene rings is 2. The first-order valence-corrected chi connectivity index (χ1v) is 8.70. The third-order valence-electron chi connectivity index (χ3n) is 4.11. The molecule has 1 amide bonds. The molecule has 1 heterocycles. The first-order chi connectivity index (χ1) is 12.8. The van der Waals surface area contributed by atoms with E-state index >= 15 is 0 Å². The van der Waals surface area contributed by atoms with Gasteiger partial charge in [-0.1, -0.05) is 24.3 Å². The van der Waals surface area contributed by atoms with Crippen molar-refractivity contribution in [1.29, 1.82) is 0 Å². The van der Waals surface area contributed by atoms with Crippen LogP contribution in [0.5, 0.6) is 11.5 Å². The van der Waals surface area contributed by atoms with Crippen LogP contribution in [0.15, 0.2) is 54.6 Å². The Morgan fingerprint density at radius 2 is 1.96 bits per heavy atom. The van der Waals surface area contributed by atoms with E-state index in [2.05, 4.69) is 5.32 Å². The van der Waals surface area contributed by atoms with Crippen molar-refractivity contribution < 1.29 is 24.1 Å². The summed E-state index contributed by atoms with van der Waals surface area (Å²) < 4.78 is 16.8. The largest absolute Gasteiger partial charge is 0.457 e. The molecule has 1 saturated heterocycles. The Balaban J connectivity index is 1.64. The van der Waals surface area contributed by atoms with E-state index in [-0.39, 0.29) is 31.3 Å². The van der Waals surface area contributed by atoms with Crippen LogP contribution in [0.25, 0.3) is 0 Å². The topological polar surface area (TPSA) is 77.0 Å². The number of nitrogens with one attached hydrogen (secondary N) is 1. The van der Waals surface area contributed by atoms with Crippen molar-refractivity contribution >= 4 is 5.91 Å². The van der Waals surface area contributed by atoms with Gasteiger partial charge in [-0.15, -0.1) is 0 Å². The van der Waals surface area contributed by atoms with E-state index in [4.69, 9.17) is 19.3 Å². The van der Waals surface area contributed by atoms with Gasteiger partial charge in [0, 0.05) is 12.2 Å². The van der Waals surface area contributed by atoms with Crippen LogP contribution in [0.1, 0.15) is 16.8 Å². The maximum Gasteiger partial charge on any atom is 0.251 e. The van der Waals surface area contributed by atoms with E-state index in [1.807, 2.05) is 30.3 Å². The lowest BCUT2D eigenvalue weighted by atomic mass is 10.1. The van der Waals surface area contributed by atoms with Crippen molar-refractivity contribution in [3.8, 4) is 11.5 Å². The molecule has 0 spiro atoms. The Kier molecular flexibility index (Phi) is 6.60. The molecule has 0 radical (unpaired) electrons. The summed E-state index contributed by atoms with van der Waals surface area (Å²) in [6.45, 7) is 1.18. The SMILES string of the molecule is O=C(N[C@H]1COCC[C@H]1OCCO)c1cccc(Oc2ccccc2)c1. The van der Waals surface area contributed by atoms with Gasteiger partial charge in [-0.25, -0.2) is 0 Å². The zero-order valence-electron chi connectivity index (χ0n) is 14.5. The summed E-state index contributed by atoms with van der Waals surface area (Å²) >= 11 is 0. The van der Waals surface area contributed by atoms with Crippen LogP contribution in [-0.2, 0) is 9.47 Å². The number of carbonyl (C=O) groups is 1. The van der Waals surface area contributed by atoms with Gasteiger partial charge in [-0.2, -0.15) is 0 Å². The molecular formula is C20H23NO5. The maximum absolute atomic E-state index is 12.6. The predicted molar refractivity (Wildman–Crippen MR) is 96.5 cm³/mol. The average Bonchev–Trinajstić information content (AvgIpc) is 2.68. The Morgan fingerprint density at radius 3 is 2.77 bits per heavy atom. The van der Waals surface area contributed by atoms with Crippen LogP contribution in [0.2, 0.25) is 0 Å². The van der Waals surface area contributed by atoms with Crippen molar-refractivity contribution in [3.63, 3.8) is 0 Å². The van der Waals surface area contributed by atoms with Gasteiger partial charge in [-0.3, -0.25) is 4.79 Å². The molecule has 2 aromatic rings. The molecule has 6 nitrogen and oxygen atoms in total. The Bertz CT molecular complexity index is 706. The quantitative estimate of drug-likeness (QED) is 0.796. The third-order valence-corrected chi connectivity index (χ3v) is 4.11. The fourth-order valence-corrected chi connectivity index (χ4v) is 2.83. The zero-order valence-corrected chi connectivity index (χ0v) is 14.5. The Labute approximate surface area is 152 Å². The molecule has 26 heavy (non-hydrogen) atoms. The summed E-state index contributed by atoms with van der Waals surface area (Å²) in [5.41, 5.74) is 0.505. The minimum absolute atomic E-state index is 0.0447. The average molecular weight is 357 g/mol. The van der Waals surface area contributed by atoms with Crippen LogP contribution >= 0.6 is 0 Å². The van der Waals surface area contributed by atoms with Crippen LogP contribution in [-0.4, -0.2) is 49.6 Å². The molecule has 2 N–H and O–H groups in total. The molecule has 6 heteroatoms. The molecular weight excluding hydrogens is 334 g/mol. The lowest BCUT2D eigenvalue weighted by Gasteiger charge is -2.32. The van der Waals surface area contributed by atoms with Gasteiger partial charge in [0.15, 0.2) is 0 Å². The number of para-hydroxylation sites is 1. The minimum Gasteiger partial charge on any atom is -0.457 e. The van der Waals surface area contributed by atoms with Crippen LogP contribution in [0.4, 0.5) is 0 Å². The van der Waals surface area contributed by atoms with E-state index in [0.717, 1.165) is 0 Å². The second-order valence-corrected chi connectivity index (χ2v) is 6.02. The highest BCUT2D eigenvalue weighted by molar-refractivity contribution is 5.94. The lowest BCUT2D eigenvalue weighted by molar-refractivity contribution is -0.0612. The molecule has 1 aliphatic heterocycles. The van der Waals surface area contributed by atoms with Crippen LogP contribution < -0.4 is 10.1 Å². The van der Waals surface area contributed by atoms with E-state index in [9.17, 15) is 4.79 Å². The predicted octanol–water partition coefficient (Wildman–Crippen LogP) is 2.38. The number of rotatable bonds is 7. The van der Waals surface area contributed by atoms with Gasteiger partial charge in [-0.05, 0) is 36.8 Å². The van der Waals surface area contributed by atoms with Gasteiger partial charge in [0.1, 0.15) is 11.5 Å². The number of aliphatic hydroxyl groups excluding tert-OH is 1. The van der Waals surface area contributed by atoms with E-state index < -0.39 is 0 Å². The number of ether oxygens (including phenoxy) is 3. The number of hydrogen-bond donors (Lipinski definition) is 2.